The van der Waals surface area contributed by atoms with Crippen molar-refractivity contribution in [3.63, 3.8) is 0 Å². The van der Waals surface area contributed by atoms with Gasteiger partial charge in [0.15, 0.2) is 5.96 Å². The number of rotatable bonds is 5. The van der Waals surface area contributed by atoms with Crippen molar-refractivity contribution >= 4 is 49.1 Å². The van der Waals surface area contributed by atoms with Crippen LogP contribution in [0.25, 0.3) is 0 Å². The van der Waals surface area contributed by atoms with Crippen LogP contribution < -0.4 is 17.2 Å². The molecule has 0 saturated heterocycles. The molecule has 0 saturated carbocycles. The molecule has 0 spiro atoms. The molecule has 0 bridgehead atoms. The van der Waals surface area contributed by atoms with Crippen molar-refractivity contribution in [2.24, 2.45) is 22.2 Å². The van der Waals surface area contributed by atoms with Crippen LogP contribution in [0.2, 0.25) is 0 Å². The molecule has 15 heavy (non-hydrogen) atoms. The summed E-state index contributed by atoms with van der Waals surface area (Å²) in [6.07, 6.45) is 0.956. The summed E-state index contributed by atoms with van der Waals surface area (Å²) in [4.78, 5) is 13.9. The van der Waals surface area contributed by atoms with Gasteiger partial charge in [0.1, 0.15) is 6.04 Å². The van der Waals surface area contributed by atoms with Gasteiger partial charge in [-0.05, 0) is 12.8 Å². The lowest BCUT2D eigenvalue weighted by Crippen LogP contribution is -2.30. The molecule has 1 unspecified atom stereocenters. The first-order valence-corrected chi connectivity index (χ1v) is 3.58. The molecule has 0 rings (SSSR count). The number of carboxylic acid groups (broad SMARTS) is 1. The standard InChI is InChI=1S/C6H14N4O2.3ClH/c7-4(5(11)12)2-1-3-10-6(8)9;;;/h4H,1-3,7H2,(H,11,12)(H4,8,9,10);3*1H. The van der Waals surface area contributed by atoms with Gasteiger partial charge in [-0.25, -0.2) is 0 Å². The highest BCUT2D eigenvalue weighted by atomic mass is 35.5. The molecule has 0 aliphatic rings. The smallest absolute Gasteiger partial charge is 0.320 e. The SMILES string of the molecule is Cl.Cl.Cl.NC(N)=NCCCC(N)C(=O)O. The first-order valence-electron chi connectivity index (χ1n) is 3.58. The molecular weight excluding hydrogens is 266 g/mol. The molecule has 0 aromatic heterocycles. The maximum Gasteiger partial charge on any atom is 0.320 e. The highest BCUT2D eigenvalue weighted by Gasteiger charge is 2.09. The second-order valence-corrected chi connectivity index (χ2v) is 2.39. The number of carbonyl (C=O) groups is 1. The number of nitrogens with zero attached hydrogens (tertiary/aromatic N) is 1. The third-order valence-corrected chi connectivity index (χ3v) is 1.28. The minimum atomic E-state index is -1.00. The number of guanidine groups is 1. The van der Waals surface area contributed by atoms with Crippen LogP contribution in [0.15, 0.2) is 4.99 Å². The maximum atomic E-state index is 10.2. The average Bonchev–Trinajstić information content (AvgIpc) is 1.97. The Hall–Kier alpha value is -0.430. The predicted octanol–water partition coefficient (Wildman–Crippen LogP) is -0.283. The number of carboxylic acids is 1. The van der Waals surface area contributed by atoms with Crippen LogP contribution in [-0.2, 0) is 4.79 Å². The molecular formula is C6H17Cl3N4O2. The lowest BCUT2D eigenvalue weighted by atomic mass is 10.2. The zero-order chi connectivity index (χ0) is 9.56. The van der Waals surface area contributed by atoms with Gasteiger partial charge in [-0.3, -0.25) is 9.79 Å². The van der Waals surface area contributed by atoms with Crippen LogP contribution in [0.1, 0.15) is 12.8 Å². The summed E-state index contributed by atoms with van der Waals surface area (Å²) in [5, 5.41) is 8.38. The molecule has 0 aromatic rings. The Bertz CT molecular complexity index is 187. The Balaban J connectivity index is -0.000000202. The minimum Gasteiger partial charge on any atom is -0.480 e. The molecule has 0 fully saturated rings. The minimum absolute atomic E-state index is 0. The second-order valence-electron chi connectivity index (χ2n) is 2.39. The summed E-state index contributed by atoms with van der Waals surface area (Å²) in [6.45, 7) is 0.420. The molecule has 0 aliphatic carbocycles. The Labute approximate surface area is 107 Å². The molecule has 94 valence electrons. The number of nitrogens with two attached hydrogens (primary N) is 3. The topological polar surface area (TPSA) is 128 Å². The average molecular weight is 284 g/mol. The Kier molecular flexibility index (Phi) is 21.7. The second kappa shape index (κ2) is 13.6. The van der Waals surface area contributed by atoms with E-state index in [0.29, 0.717) is 19.4 Å². The number of aliphatic imine (C=N–C) groups is 1. The molecule has 0 radical (unpaired) electrons. The summed E-state index contributed by atoms with van der Waals surface area (Å²) in [5.41, 5.74) is 15.3. The Morgan fingerprint density at radius 1 is 1.27 bits per heavy atom. The maximum absolute atomic E-state index is 10.2. The molecule has 7 N–H and O–H groups in total. The van der Waals surface area contributed by atoms with E-state index in [4.69, 9.17) is 22.3 Å². The molecule has 0 amide bonds. The fraction of sp³-hybridized carbons (Fsp3) is 0.667. The Morgan fingerprint density at radius 2 is 1.73 bits per heavy atom. The van der Waals surface area contributed by atoms with E-state index in [1.54, 1.807) is 0 Å². The van der Waals surface area contributed by atoms with Crippen molar-refractivity contribution in [2.45, 2.75) is 18.9 Å². The summed E-state index contributed by atoms with van der Waals surface area (Å²) >= 11 is 0. The summed E-state index contributed by atoms with van der Waals surface area (Å²) in [7, 11) is 0. The lowest BCUT2D eigenvalue weighted by molar-refractivity contribution is -0.138. The van der Waals surface area contributed by atoms with E-state index in [1.807, 2.05) is 0 Å². The summed E-state index contributed by atoms with van der Waals surface area (Å²) in [5.74, 6) is -0.987. The van der Waals surface area contributed by atoms with Crippen LogP contribution in [0.5, 0.6) is 0 Å². The van der Waals surface area contributed by atoms with Gasteiger partial charge in [-0.15, -0.1) is 37.2 Å². The van der Waals surface area contributed by atoms with Crippen LogP contribution in [0, 0.1) is 0 Å². The number of aliphatic carboxylic acids is 1. The van der Waals surface area contributed by atoms with Crippen molar-refractivity contribution in [3.05, 3.63) is 0 Å². The zero-order valence-corrected chi connectivity index (χ0v) is 10.4. The largest absolute Gasteiger partial charge is 0.480 e. The molecule has 9 heteroatoms. The van der Waals surface area contributed by atoms with Crippen LogP contribution >= 0.6 is 37.2 Å². The number of halogens is 3. The van der Waals surface area contributed by atoms with Gasteiger partial charge in [-0.2, -0.15) is 0 Å². The normalized spacial score (nSPS) is 9.67. The fourth-order valence-electron chi connectivity index (χ4n) is 0.643. The quantitative estimate of drug-likeness (QED) is 0.313. The first-order chi connectivity index (χ1) is 5.54. The van der Waals surface area contributed by atoms with Gasteiger partial charge < -0.3 is 22.3 Å². The van der Waals surface area contributed by atoms with Crippen LogP contribution in [0.4, 0.5) is 0 Å². The van der Waals surface area contributed by atoms with E-state index in [9.17, 15) is 4.79 Å². The van der Waals surface area contributed by atoms with Gasteiger partial charge in [0.05, 0.1) is 0 Å². The fourth-order valence-corrected chi connectivity index (χ4v) is 0.643. The van der Waals surface area contributed by atoms with E-state index in [-0.39, 0.29) is 43.2 Å². The van der Waals surface area contributed by atoms with Gasteiger partial charge in [0.2, 0.25) is 0 Å². The van der Waals surface area contributed by atoms with Gasteiger partial charge in [0, 0.05) is 6.54 Å². The van der Waals surface area contributed by atoms with Crippen LogP contribution in [-0.4, -0.2) is 29.6 Å². The van der Waals surface area contributed by atoms with Crippen molar-refractivity contribution in [3.8, 4) is 0 Å². The molecule has 0 heterocycles. The van der Waals surface area contributed by atoms with E-state index in [1.165, 1.54) is 0 Å². The summed E-state index contributed by atoms with van der Waals surface area (Å²) in [6, 6.07) is -0.820. The van der Waals surface area contributed by atoms with Crippen molar-refractivity contribution in [1.82, 2.24) is 0 Å². The van der Waals surface area contributed by atoms with Gasteiger partial charge >= 0.3 is 5.97 Å². The lowest BCUT2D eigenvalue weighted by Gasteiger charge is -2.03. The highest BCUT2D eigenvalue weighted by molar-refractivity contribution is 5.86. The highest BCUT2D eigenvalue weighted by Crippen LogP contribution is 1.94. The van der Waals surface area contributed by atoms with E-state index < -0.39 is 12.0 Å². The first kappa shape index (κ1) is 24.0. The number of hydrogen-bond acceptors (Lipinski definition) is 3. The van der Waals surface area contributed by atoms with Gasteiger partial charge in [-0.1, -0.05) is 0 Å². The molecule has 1 atom stereocenters. The monoisotopic (exact) mass is 282 g/mol. The van der Waals surface area contributed by atoms with E-state index in [0.717, 1.165) is 0 Å². The predicted molar refractivity (Wildman–Crippen MR) is 67.3 cm³/mol. The molecule has 0 aliphatic heterocycles. The van der Waals surface area contributed by atoms with Crippen molar-refractivity contribution < 1.29 is 9.90 Å². The Morgan fingerprint density at radius 3 is 2.07 bits per heavy atom. The summed E-state index contributed by atoms with van der Waals surface area (Å²) < 4.78 is 0. The van der Waals surface area contributed by atoms with Crippen molar-refractivity contribution in [2.75, 3.05) is 6.54 Å². The van der Waals surface area contributed by atoms with E-state index >= 15 is 0 Å². The van der Waals surface area contributed by atoms with Crippen LogP contribution in [0.3, 0.4) is 0 Å². The van der Waals surface area contributed by atoms with Gasteiger partial charge in [0.25, 0.3) is 0 Å². The third kappa shape index (κ3) is 16.3. The molecule has 6 nitrogen and oxygen atoms in total. The molecule has 0 aromatic carbocycles. The van der Waals surface area contributed by atoms with Crippen molar-refractivity contribution in [1.29, 1.82) is 0 Å². The van der Waals surface area contributed by atoms with E-state index in [2.05, 4.69) is 4.99 Å². The number of hydrogen-bond donors (Lipinski definition) is 4. The zero-order valence-electron chi connectivity index (χ0n) is 7.96. The third-order valence-electron chi connectivity index (χ3n) is 1.28.